The van der Waals surface area contributed by atoms with Crippen LogP contribution in [0.2, 0.25) is 0 Å². The third kappa shape index (κ3) is 3.23. The van der Waals surface area contributed by atoms with Crippen molar-refractivity contribution < 1.29 is 13.9 Å². The summed E-state index contributed by atoms with van der Waals surface area (Å²) in [5, 5.41) is 0. The van der Waals surface area contributed by atoms with Gasteiger partial charge in [0.15, 0.2) is 6.29 Å². The van der Waals surface area contributed by atoms with Crippen LogP contribution >= 0.6 is 7.37 Å². The maximum absolute atomic E-state index is 12.0. The zero-order valence-electron chi connectivity index (χ0n) is 13.8. The maximum Gasteiger partial charge on any atom is 0.242 e. The van der Waals surface area contributed by atoms with Crippen LogP contribution in [0.25, 0.3) is 0 Å². The Balaban J connectivity index is 2.68. The van der Waals surface area contributed by atoms with E-state index in [4.69, 9.17) is 4.52 Å². The predicted molar refractivity (Wildman–Crippen MR) is 87.2 cm³/mol. The molecule has 2 rings (SSSR count). The summed E-state index contributed by atoms with van der Waals surface area (Å²) in [5.74, 6) is 0.447. The van der Waals surface area contributed by atoms with E-state index in [9.17, 15) is 9.36 Å². The van der Waals surface area contributed by atoms with Gasteiger partial charge in [-0.1, -0.05) is 27.7 Å². The molecule has 0 amide bonds. The van der Waals surface area contributed by atoms with E-state index in [1.165, 1.54) is 11.1 Å². The molecule has 21 heavy (non-hydrogen) atoms. The van der Waals surface area contributed by atoms with Gasteiger partial charge in [0.25, 0.3) is 0 Å². The fourth-order valence-electron chi connectivity index (χ4n) is 3.02. The number of hydrogen-bond acceptors (Lipinski definition) is 3. The molecule has 1 aliphatic carbocycles. The highest BCUT2D eigenvalue weighted by Gasteiger charge is 2.38. The van der Waals surface area contributed by atoms with Crippen molar-refractivity contribution in [1.29, 1.82) is 0 Å². The van der Waals surface area contributed by atoms with E-state index in [1.807, 2.05) is 12.1 Å². The minimum Gasteiger partial charge on any atom is -0.442 e. The standard InChI is InChI=1S/C17H25O3P/c1-16(2)7-8-17(3,4)14-10-15(20-21(5,6)19)12(11-18)9-13(14)16/h9-11H,7-8H2,1-6H3. The third-order valence-corrected chi connectivity index (χ3v) is 5.06. The first-order valence-corrected chi connectivity index (χ1v) is 9.87. The van der Waals surface area contributed by atoms with Gasteiger partial charge in [0, 0.05) is 13.3 Å². The van der Waals surface area contributed by atoms with Crippen molar-refractivity contribution in [2.75, 3.05) is 13.3 Å². The van der Waals surface area contributed by atoms with Crippen molar-refractivity contribution in [1.82, 2.24) is 0 Å². The lowest BCUT2D eigenvalue weighted by atomic mass is 9.63. The third-order valence-electron chi connectivity index (χ3n) is 4.43. The van der Waals surface area contributed by atoms with Gasteiger partial charge >= 0.3 is 0 Å². The van der Waals surface area contributed by atoms with Crippen molar-refractivity contribution in [2.24, 2.45) is 0 Å². The van der Waals surface area contributed by atoms with E-state index < -0.39 is 7.37 Å². The number of carbonyl (C=O) groups is 1. The SMILES string of the molecule is CC1(C)CCC(C)(C)c2cc(OP(C)(C)=O)c(C=O)cc21. The summed E-state index contributed by atoms with van der Waals surface area (Å²) in [6.45, 7) is 12.0. The first kappa shape index (κ1) is 16.3. The van der Waals surface area contributed by atoms with Gasteiger partial charge in [0.05, 0.1) is 5.56 Å². The fourth-order valence-corrected chi connectivity index (χ4v) is 3.65. The van der Waals surface area contributed by atoms with Gasteiger partial charge in [0.2, 0.25) is 7.37 Å². The molecule has 0 unspecified atom stereocenters. The van der Waals surface area contributed by atoms with Crippen LogP contribution in [-0.2, 0) is 15.4 Å². The molecular formula is C17H25O3P. The Labute approximate surface area is 127 Å². The van der Waals surface area contributed by atoms with Gasteiger partial charge in [0.1, 0.15) is 5.75 Å². The Kier molecular flexibility index (Phi) is 3.87. The van der Waals surface area contributed by atoms with Crippen molar-refractivity contribution >= 4 is 13.7 Å². The van der Waals surface area contributed by atoms with Crippen LogP contribution in [-0.4, -0.2) is 19.6 Å². The number of rotatable bonds is 3. The highest BCUT2D eigenvalue weighted by Crippen LogP contribution is 2.49. The smallest absolute Gasteiger partial charge is 0.242 e. The lowest BCUT2D eigenvalue weighted by Gasteiger charge is -2.42. The second-order valence-electron chi connectivity index (χ2n) is 7.66. The number of aldehydes is 1. The number of hydrogen-bond donors (Lipinski definition) is 0. The van der Waals surface area contributed by atoms with Gasteiger partial charge in [-0.05, 0) is 46.9 Å². The van der Waals surface area contributed by atoms with Crippen molar-refractivity contribution in [3.05, 3.63) is 28.8 Å². The minimum atomic E-state index is -2.70. The van der Waals surface area contributed by atoms with Crippen molar-refractivity contribution in [3.8, 4) is 5.75 Å². The van der Waals surface area contributed by atoms with Crippen molar-refractivity contribution in [3.63, 3.8) is 0 Å². The Morgan fingerprint density at radius 3 is 1.95 bits per heavy atom. The summed E-state index contributed by atoms with van der Waals surface area (Å²) < 4.78 is 17.5. The molecule has 116 valence electrons. The molecule has 0 radical (unpaired) electrons. The van der Waals surface area contributed by atoms with E-state index in [1.54, 1.807) is 13.3 Å². The molecule has 1 aliphatic rings. The summed E-state index contributed by atoms with van der Waals surface area (Å²) in [7, 11) is -2.70. The quantitative estimate of drug-likeness (QED) is 0.597. The summed E-state index contributed by atoms with van der Waals surface area (Å²) in [4.78, 5) is 11.4. The molecule has 0 aliphatic heterocycles. The number of fused-ring (bicyclic) bond motifs is 1. The Bertz CT molecular complexity index is 623. The zero-order chi connectivity index (χ0) is 16.1. The summed E-state index contributed by atoms with van der Waals surface area (Å²) in [6, 6.07) is 3.86. The second-order valence-corrected chi connectivity index (χ2v) is 10.4. The molecule has 0 saturated heterocycles. The molecule has 0 N–H and O–H groups in total. The Morgan fingerprint density at radius 1 is 1.05 bits per heavy atom. The maximum atomic E-state index is 12.0. The van der Waals surface area contributed by atoms with E-state index >= 15 is 0 Å². The zero-order valence-corrected chi connectivity index (χ0v) is 14.7. The average Bonchev–Trinajstić information content (AvgIpc) is 2.33. The minimum absolute atomic E-state index is 0.0375. The lowest BCUT2D eigenvalue weighted by molar-refractivity contribution is 0.112. The van der Waals surface area contributed by atoms with Crippen LogP contribution in [0, 0.1) is 0 Å². The summed E-state index contributed by atoms with van der Waals surface area (Å²) in [5.41, 5.74) is 2.98. The molecule has 1 aromatic rings. The first-order valence-electron chi connectivity index (χ1n) is 7.35. The molecule has 0 heterocycles. The van der Waals surface area contributed by atoms with E-state index in [0.717, 1.165) is 19.1 Å². The average molecular weight is 308 g/mol. The number of benzene rings is 1. The Hall–Kier alpha value is -1.08. The second kappa shape index (κ2) is 4.98. The van der Waals surface area contributed by atoms with Crippen LogP contribution in [0.15, 0.2) is 12.1 Å². The van der Waals surface area contributed by atoms with E-state index in [0.29, 0.717) is 11.3 Å². The van der Waals surface area contributed by atoms with E-state index in [-0.39, 0.29) is 10.8 Å². The topological polar surface area (TPSA) is 43.4 Å². The molecule has 0 spiro atoms. The van der Waals surface area contributed by atoms with Gasteiger partial charge in [-0.15, -0.1) is 0 Å². The molecule has 0 fully saturated rings. The Morgan fingerprint density at radius 2 is 1.52 bits per heavy atom. The lowest BCUT2D eigenvalue weighted by Crippen LogP contribution is -2.34. The molecule has 0 aromatic heterocycles. The highest BCUT2D eigenvalue weighted by atomic mass is 31.2. The fraction of sp³-hybridized carbons (Fsp3) is 0.588. The van der Waals surface area contributed by atoms with Gasteiger partial charge < -0.3 is 4.52 Å². The van der Waals surface area contributed by atoms with Crippen LogP contribution in [0.5, 0.6) is 5.75 Å². The van der Waals surface area contributed by atoms with Crippen LogP contribution in [0.4, 0.5) is 0 Å². The first-order chi connectivity index (χ1) is 9.46. The van der Waals surface area contributed by atoms with E-state index in [2.05, 4.69) is 27.7 Å². The number of carbonyl (C=O) groups excluding carboxylic acids is 1. The molecule has 3 nitrogen and oxygen atoms in total. The van der Waals surface area contributed by atoms with Crippen LogP contribution in [0.3, 0.4) is 0 Å². The van der Waals surface area contributed by atoms with Gasteiger partial charge in [-0.2, -0.15) is 0 Å². The highest BCUT2D eigenvalue weighted by molar-refractivity contribution is 7.57. The van der Waals surface area contributed by atoms with Crippen molar-refractivity contribution in [2.45, 2.75) is 51.4 Å². The summed E-state index contributed by atoms with van der Waals surface area (Å²) >= 11 is 0. The molecule has 0 atom stereocenters. The van der Waals surface area contributed by atoms with Crippen LogP contribution in [0.1, 0.15) is 62.0 Å². The normalized spacial score (nSPS) is 19.7. The molecule has 0 saturated carbocycles. The van der Waals surface area contributed by atoms with Gasteiger partial charge in [-0.25, -0.2) is 0 Å². The predicted octanol–water partition coefficient (Wildman–Crippen LogP) is 4.76. The van der Waals surface area contributed by atoms with Gasteiger partial charge in [-0.3, -0.25) is 9.36 Å². The van der Waals surface area contributed by atoms with Crippen LogP contribution < -0.4 is 4.52 Å². The largest absolute Gasteiger partial charge is 0.442 e. The monoisotopic (exact) mass is 308 g/mol. The molecule has 0 bridgehead atoms. The molecule has 4 heteroatoms. The molecular weight excluding hydrogens is 283 g/mol. The summed E-state index contributed by atoms with van der Waals surface area (Å²) in [6.07, 6.45) is 2.97. The molecule has 1 aromatic carbocycles.